The summed E-state index contributed by atoms with van der Waals surface area (Å²) in [5.41, 5.74) is 3.48. The Bertz CT molecular complexity index is 1310. The number of carbonyl (C=O) groups is 1. The molecule has 0 spiro atoms. The first-order valence-electron chi connectivity index (χ1n) is 10.6. The Morgan fingerprint density at radius 2 is 1.56 bits per heavy atom. The molecule has 170 valence electrons. The van der Waals surface area contributed by atoms with Crippen LogP contribution in [0.3, 0.4) is 0 Å². The van der Waals surface area contributed by atoms with Gasteiger partial charge in [-0.05, 0) is 60.0 Å². The van der Waals surface area contributed by atoms with Gasteiger partial charge in [0.2, 0.25) is 5.69 Å². The number of carbonyl (C=O) groups excluding carboxylic acids is 1. The summed E-state index contributed by atoms with van der Waals surface area (Å²) in [6, 6.07) is 24.3. The minimum absolute atomic E-state index is 0.00605. The van der Waals surface area contributed by atoms with E-state index in [0.29, 0.717) is 17.9 Å². The highest BCUT2D eigenvalue weighted by Crippen LogP contribution is 2.28. The van der Waals surface area contributed by atoms with Gasteiger partial charge in [0.15, 0.2) is 0 Å². The fraction of sp³-hybridized carbons (Fsp3) is 0.154. The standard InChI is InChI=1S/C26H22N4O4/c1-3-33-26(31)24-25(30(29-28-24)17-19-6-12-22(32-2)13-7-19)34-23-14-10-21(11-15-23)20-8-4-18(16-27)5-9-20/h4-15H,3,17H2,1-2H3. The SMILES string of the molecule is CCOC(=O)c1nnn(Cc2ccc(OC)cc2)c1Oc1ccc(-c2ccc(C#N)cc2)cc1. The average Bonchev–Trinajstić information content (AvgIpc) is 3.27. The summed E-state index contributed by atoms with van der Waals surface area (Å²) in [5.74, 6) is 0.850. The highest BCUT2D eigenvalue weighted by molar-refractivity contribution is 5.89. The molecule has 0 unspecified atom stereocenters. The molecule has 1 aromatic heterocycles. The Hall–Kier alpha value is -4.64. The van der Waals surface area contributed by atoms with Crippen LogP contribution >= 0.6 is 0 Å². The Labute approximate surface area is 196 Å². The van der Waals surface area contributed by atoms with Crippen molar-refractivity contribution in [2.45, 2.75) is 13.5 Å². The maximum absolute atomic E-state index is 12.4. The van der Waals surface area contributed by atoms with Gasteiger partial charge in [-0.2, -0.15) is 5.26 Å². The molecule has 8 heteroatoms. The number of methoxy groups -OCH3 is 1. The molecule has 0 aliphatic heterocycles. The zero-order valence-electron chi connectivity index (χ0n) is 18.8. The molecular weight excluding hydrogens is 432 g/mol. The van der Waals surface area contributed by atoms with Crippen molar-refractivity contribution in [1.82, 2.24) is 15.0 Å². The normalized spacial score (nSPS) is 10.4. The number of hydrogen-bond acceptors (Lipinski definition) is 7. The minimum Gasteiger partial charge on any atom is -0.497 e. The summed E-state index contributed by atoms with van der Waals surface area (Å²) >= 11 is 0. The Morgan fingerprint density at radius 1 is 0.941 bits per heavy atom. The molecule has 34 heavy (non-hydrogen) atoms. The largest absolute Gasteiger partial charge is 0.497 e. The van der Waals surface area contributed by atoms with Gasteiger partial charge in [-0.25, -0.2) is 9.48 Å². The van der Waals surface area contributed by atoms with E-state index >= 15 is 0 Å². The molecule has 0 N–H and O–H groups in total. The van der Waals surface area contributed by atoms with E-state index in [2.05, 4.69) is 16.4 Å². The van der Waals surface area contributed by atoms with E-state index in [4.69, 9.17) is 19.5 Å². The van der Waals surface area contributed by atoms with Crippen molar-refractivity contribution in [2.75, 3.05) is 13.7 Å². The molecule has 0 saturated heterocycles. The second-order valence-corrected chi connectivity index (χ2v) is 7.28. The minimum atomic E-state index is -0.604. The van der Waals surface area contributed by atoms with Crippen molar-refractivity contribution in [1.29, 1.82) is 5.26 Å². The van der Waals surface area contributed by atoms with Crippen molar-refractivity contribution in [3.05, 3.63) is 89.6 Å². The summed E-state index contributed by atoms with van der Waals surface area (Å²) in [4.78, 5) is 12.4. The predicted octanol–water partition coefficient (Wildman–Crippen LogP) is 4.84. The third-order valence-corrected chi connectivity index (χ3v) is 5.07. The van der Waals surface area contributed by atoms with E-state index in [-0.39, 0.29) is 18.2 Å². The van der Waals surface area contributed by atoms with Gasteiger partial charge in [-0.1, -0.05) is 41.6 Å². The molecule has 4 rings (SSSR count). The Kier molecular flexibility index (Phi) is 6.84. The van der Waals surface area contributed by atoms with Gasteiger partial charge in [-0.3, -0.25) is 0 Å². The van der Waals surface area contributed by atoms with Gasteiger partial charge in [0, 0.05) is 0 Å². The number of aromatic nitrogens is 3. The molecule has 0 radical (unpaired) electrons. The third-order valence-electron chi connectivity index (χ3n) is 5.07. The molecule has 8 nitrogen and oxygen atoms in total. The summed E-state index contributed by atoms with van der Waals surface area (Å²) in [5, 5.41) is 17.1. The molecule has 0 bridgehead atoms. The van der Waals surface area contributed by atoms with Crippen LogP contribution in [0.2, 0.25) is 0 Å². The fourth-order valence-corrected chi connectivity index (χ4v) is 3.30. The molecule has 0 atom stereocenters. The molecule has 0 aliphatic rings. The van der Waals surface area contributed by atoms with Gasteiger partial charge in [0.1, 0.15) is 11.5 Å². The van der Waals surface area contributed by atoms with Crippen LogP contribution in [-0.2, 0) is 11.3 Å². The van der Waals surface area contributed by atoms with Gasteiger partial charge < -0.3 is 14.2 Å². The first-order chi connectivity index (χ1) is 16.6. The monoisotopic (exact) mass is 454 g/mol. The Morgan fingerprint density at radius 3 is 2.15 bits per heavy atom. The number of hydrogen-bond donors (Lipinski definition) is 0. The molecular formula is C26H22N4O4. The first-order valence-corrected chi connectivity index (χ1v) is 10.6. The summed E-state index contributed by atoms with van der Waals surface area (Å²) in [6.45, 7) is 2.28. The van der Waals surface area contributed by atoms with Crippen molar-refractivity contribution in [3.8, 4) is 34.6 Å². The van der Waals surface area contributed by atoms with E-state index in [9.17, 15) is 4.79 Å². The van der Waals surface area contributed by atoms with Crippen molar-refractivity contribution < 1.29 is 19.0 Å². The van der Waals surface area contributed by atoms with E-state index in [1.54, 1.807) is 38.3 Å². The van der Waals surface area contributed by atoms with E-state index in [0.717, 1.165) is 22.4 Å². The molecule has 0 amide bonds. The van der Waals surface area contributed by atoms with Gasteiger partial charge in [0.05, 0.1) is 31.9 Å². The van der Waals surface area contributed by atoms with Crippen LogP contribution in [0.25, 0.3) is 11.1 Å². The quantitative estimate of drug-likeness (QED) is 0.351. The van der Waals surface area contributed by atoms with Crippen LogP contribution in [0.15, 0.2) is 72.8 Å². The molecule has 0 saturated carbocycles. The summed E-state index contributed by atoms with van der Waals surface area (Å²) in [6.07, 6.45) is 0. The number of esters is 1. The highest BCUT2D eigenvalue weighted by Gasteiger charge is 2.23. The molecule has 3 aromatic carbocycles. The highest BCUT2D eigenvalue weighted by atomic mass is 16.5. The second-order valence-electron chi connectivity index (χ2n) is 7.28. The number of nitrogens with zero attached hydrogens (tertiary/aromatic N) is 4. The zero-order valence-corrected chi connectivity index (χ0v) is 18.8. The lowest BCUT2D eigenvalue weighted by Gasteiger charge is -2.11. The third kappa shape index (κ3) is 5.05. The van der Waals surface area contributed by atoms with Crippen molar-refractivity contribution in [2.24, 2.45) is 0 Å². The number of nitriles is 1. The van der Waals surface area contributed by atoms with Crippen LogP contribution in [0, 0.1) is 11.3 Å². The number of benzene rings is 3. The molecule has 1 heterocycles. The van der Waals surface area contributed by atoms with Gasteiger partial charge in [0.25, 0.3) is 5.88 Å². The van der Waals surface area contributed by atoms with Crippen molar-refractivity contribution in [3.63, 3.8) is 0 Å². The van der Waals surface area contributed by atoms with Crippen LogP contribution in [0.4, 0.5) is 0 Å². The van der Waals surface area contributed by atoms with E-state index < -0.39 is 5.97 Å². The first kappa shape index (κ1) is 22.6. The number of ether oxygens (including phenoxy) is 3. The van der Waals surface area contributed by atoms with Crippen LogP contribution < -0.4 is 9.47 Å². The van der Waals surface area contributed by atoms with E-state index in [1.165, 1.54) is 4.68 Å². The van der Waals surface area contributed by atoms with Gasteiger partial charge in [-0.15, -0.1) is 5.10 Å². The predicted molar refractivity (Wildman–Crippen MR) is 125 cm³/mol. The van der Waals surface area contributed by atoms with Crippen LogP contribution in [-0.4, -0.2) is 34.7 Å². The molecule has 4 aromatic rings. The van der Waals surface area contributed by atoms with Crippen LogP contribution in [0.1, 0.15) is 28.5 Å². The average molecular weight is 454 g/mol. The topological polar surface area (TPSA) is 99.3 Å². The smallest absolute Gasteiger partial charge is 0.364 e. The van der Waals surface area contributed by atoms with E-state index in [1.807, 2.05) is 48.5 Å². The summed E-state index contributed by atoms with van der Waals surface area (Å²) < 4.78 is 17.9. The van der Waals surface area contributed by atoms with Crippen LogP contribution in [0.5, 0.6) is 17.4 Å². The zero-order chi connectivity index (χ0) is 23.9. The van der Waals surface area contributed by atoms with Gasteiger partial charge >= 0.3 is 5.97 Å². The lowest BCUT2D eigenvalue weighted by Crippen LogP contribution is -2.09. The second kappa shape index (κ2) is 10.3. The lowest BCUT2D eigenvalue weighted by atomic mass is 10.0. The Balaban J connectivity index is 1.60. The maximum atomic E-state index is 12.4. The molecule has 0 aliphatic carbocycles. The van der Waals surface area contributed by atoms with Crippen molar-refractivity contribution >= 4 is 5.97 Å². The lowest BCUT2D eigenvalue weighted by molar-refractivity contribution is 0.0516. The molecule has 0 fully saturated rings. The fourth-order valence-electron chi connectivity index (χ4n) is 3.30. The maximum Gasteiger partial charge on any atom is 0.364 e. The number of rotatable bonds is 8. The summed E-state index contributed by atoms with van der Waals surface area (Å²) in [7, 11) is 1.61.